The van der Waals surface area contributed by atoms with Gasteiger partial charge >= 0.3 is 0 Å². The Kier molecular flexibility index (Phi) is 5.27. The summed E-state index contributed by atoms with van der Waals surface area (Å²) < 4.78 is 0. The van der Waals surface area contributed by atoms with Crippen LogP contribution in [0, 0.1) is 0 Å². The van der Waals surface area contributed by atoms with Crippen molar-refractivity contribution in [1.29, 1.82) is 0 Å². The first-order chi connectivity index (χ1) is 8.79. The predicted molar refractivity (Wildman–Crippen MR) is 79.0 cm³/mol. The van der Waals surface area contributed by atoms with E-state index in [-0.39, 0.29) is 0 Å². The fraction of sp³-hybridized carbons (Fsp3) is 0.500. The van der Waals surface area contributed by atoms with E-state index in [1.165, 1.54) is 31.2 Å². The zero-order valence-corrected chi connectivity index (χ0v) is 11.8. The molecular formula is C16H22ClN. The van der Waals surface area contributed by atoms with Crippen molar-refractivity contribution < 1.29 is 0 Å². The van der Waals surface area contributed by atoms with E-state index < -0.39 is 0 Å². The van der Waals surface area contributed by atoms with Crippen LogP contribution in [0.3, 0.4) is 0 Å². The number of benzene rings is 1. The lowest BCUT2D eigenvalue weighted by Crippen LogP contribution is -2.21. The number of hydrogen-bond donors (Lipinski definition) is 1. The molecule has 0 saturated carbocycles. The first-order valence-electron chi connectivity index (χ1n) is 6.96. The zero-order valence-electron chi connectivity index (χ0n) is 11.1. The molecule has 0 heterocycles. The van der Waals surface area contributed by atoms with E-state index in [0.29, 0.717) is 6.04 Å². The standard InChI is InChI=1S/C16H22ClN/c1-2-18-16(11-13-7-4-3-5-8-13)14-9-6-10-15(17)12-14/h6-7,9-10,12,16,18H,2-5,8,11H2,1H3. The van der Waals surface area contributed by atoms with Crippen molar-refractivity contribution in [3.63, 3.8) is 0 Å². The number of rotatable bonds is 5. The van der Waals surface area contributed by atoms with Crippen LogP contribution in [-0.4, -0.2) is 6.54 Å². The number of halogens is 1. The number of nitrogens with one attached hydrogen (secondary N) is 1. The molecule has 0 aliphatic heterocycles. The van der Waals surface area contributed by atoms with E-state index in [9.17, 15) is 0 Å². The van der Waals surface area contributed by atoms with Crippen molar-refractivity contribution in [2.24, 2.45) is 0 Å². The van der Waals surface area contributed by atoms with E-state index in [4.69, 9.17) is 11.6 Å². The van der Waals surface area contributed by atoms with Crippen LogP contribution in [0.1, 0.15) is 50.6 Å². The second-order valence-corrected chi connectivity index (χ2v) is 5.41. The molecule has 18 heavy (non-hydrogen) atoms. The molecular weight excluding hydrogens is 242 g/mol. The quantitative estimate of drug-likeness (QED) is 0.747. The van der Waals surface area contributed by atoms with Crippen LogP contribution in [0.15, 0.2) is 35.9 Å². The van der Waals surface area contributed by atoms with Gasteiger partial charge in [0.2, 0.25) is 0 Å². The fourth-order valence-electron chi connectivity index (χ4n) is 2.63. The van der Waals surface area contributed by atoms with Crippen molar-refractivity contribution in [3.05, 3.63) is 46.5 Å². The van der Waals surface area contributed by atoms with Crippen LogP contribution >= 0.6 is 11.6 Å². The highest BCUT2D eigenvalue weighted by Crippen LogP contribution is 2.28. The molecule has 1 aromatic rings. The molecule has 0 amide bonds. The van der Waals surface area contributed by atoms with Crippen molar-refractivity contribution in [3.8, 4) is 0 Å². The van der Waals surface area contributed by atoms with Gasteiger partial charge in [-0.05, 0) is 56.3 Å². The molecule has 0 saturated heterocycles. The summed E-state index contributed by atoms with van der Waals surface area (Å²) >= 11 is 6.09. The van der Waals surface area contributed by atoms with Gasteiger partial charge in [-0.25, -0.2) is 0 Å². The summed E-state index contributed by atoms with van der Waals surface area (Å²) in [6.07, 6.45) is 8.77. The van der Waals surface area contributed by atoms with Gasteiger partial charge in [-0.1, -0.05) is 42.3 Å². The molecule has 1 aliphatic carbocycles. The Bertz CT molecular complexity index is 411. The van der Waals surface area contributed by atoms with E-state index >= 15 is 0 Å². The highest BCUT2D eigenvalue weighted by atomic mass is 35.5. The Hall–Kier alpha value is -0.790. The third-order valence-electron chi connectivity index (χ3n) is 3.55. The molecule has 0 aromatic heterocycles. The van der Waals surface area contributed by atoms with E-state index in [0.717, 1.165) is 18.0 Å². The molecule has 2 heteroatoms. The van der Waals surface area contributed by atoms with Crippen LogP contribution < -0.4 is 5.32 Å². The Morgan fingerprint density at radius 3 is 2.89 bits per heavy atom. The van der Waals surface area contributed by atoms with Gasteiger partial charge in [0.25, 0.3) is 0 Å². The van der Waals surface area contributed by atoms with Gasteiger partial charge < -0.3 is 5.32 Å². The molecule has 0 radical (unpaired) electrons. The zero-order chi connectivity index (χ0) is 12.8. The molecule has 0 fully saturated rings. The lowest BCUT2D eigenvalue weighted by atomic mass is 9.91. The van der Waals surface area contributed by atoms with Gasteiger partial charge in [-0.15, -0.1) is 0 Å². The first kappa shape index (κ1) is 13.6. The SMILES string of the molecule is CCNC(CC1=CCCCC1)c1cccc(Cl)c1. The van der Waals surface area contributed by atoms with Gasteiger partial charge in [0.15, 0.2) is 0 Å². The Morgan fingerprint density at radius 1 is 1.33 bits per heavy atom. The Morgan fingerprint density at radius 2 is 2.22 bits per heavy atom. The highest BCUT2D eigenvalue weighted by Gasteiger charge is 2.14. The lowest BCUT2D eigenvalue weighted by Gasteiger charge is -2.22. The second kappa shape index (κ2) is 6.96. The van der Waals surface area contributed by atoms with Gasteiger partial charge in [-0.3, -0.25) is 0 Å². The monoisotopic (exact) mass is 263 g/mol. The van der Waals surface area contributed by atoms with E-state index in [1.54, 1.807) is 5.57 Å². The molecule has 98 valence electrons. The molecule has 1 aromatic carbocycles. The normalized spacial score (nSPS) is 17.3. The summed E-state index contributed by atoms with van der Waals surface area (Å²) in [5, 5.41) is 4.40. The van der Waals surface area contributed by atoms with Gasteiger partial charge in [-0.2, -0.15) is 0 Å². The maximum absolute atomic E-state index is 6.09. The summed E-state index contributed by atoms with van der Waals surface area (Å²) in [5.74, 6) is 0. The second-order valence-electron chi connectivity index (χ2n) is 4.98. The highest BCUT2D eigenvalue weighted by molar-refractivity contribution is 6.30. The minimum Gasteiger partial charge on any atom is -0.310 e. The van der Waals surface area contributed by atoms with Crippen molar-refractivity contribution in [2.75, 3.05) is 6.54 Å². The summed E-state index contributed by atoms with van der Waals surface area (Å²) in [6.45, 7) is 3.15. The minimum atomic E-state index is 0.401. The minimum absolute atomic E-state index is 0.401. The molecule has 1 aliphatic rings. The van der Waals surface area contributed by atoms with Crippen LogP contribution in [0.5, 0.6) is 0 Å². The molecule has 1 N–H and O–H groups in total. The Balaban J connectivity index is 2.09. The van der Waals surface area contributed by atoms with Crippen LogP contribution in [-0.2, 0) is 0 Å². The van der Waals surface area contributed by atoms with Crippen LogP contribution in [0.2, 0.25) is 5.02 Å². The maximum Gasteiger partial charge on any atom is 0.0409 e. The van der Waals surface area contributed by atoms with Crippen molar-refractivity contribution in [1.82, 2.24) is 5.32 Å². The smallest absolute Gasteiger partial charge is 0.0409 e. The molecule has 1 nitrogen and oxygen atoms in total. The third kappa shape index (κ3) is 3.86. The van der Waals surface area contributed by atoms with Crippen LogP contribution in [0.4, 0.5) is 0 Å². The Labute approximate surface area is 115 Å². The largest absolute Gasteiger partial charge is 0.310 e. The van der Waals surface area contributed by atoms with E-state index in [2.05, 4.69) is 30.4 Å². The van der Waals surface area contributed by atoms with Crippen molar-refractivity contribution >= 4 is 11.6 Å². The lowest BCUT2D eigenvalue weighted by molar-refractivity contribution is 0.528. The summed E-state index contributed by atoms with van der Waals surface area (Å²) in [7, 11) is 0. The number of allylic oxidation sites excluding steroid dienone is 1. The molecule has 2 rings (SSSR count). The molecule has 1 atom stereocenters. The average Bonchev–Trinajstić information content (AvgIpc) is 2.39. The average molecular weight is 264 g/mol. The van der Waals surface area contributed by atoms with Gasteiger partial charge in [0.1, 0.15) is 0 Å². The van der Waals surface area contributed by atoms with Crippen molar-refractivity contribution in [2.45, 2.75) is 45.1 Å². The predicted octanol–water partition coefficient (Wildman–Crippen LogP) is 4.88. The third-order valence-corrected chi connectivity index (χ3v) is 3.79. The van der Waals surface area contributed by atoms with Gasteiger partial charge in [0, 0.05) is 11.1 Å². The summed E-state index contributed by atoms with van der Waals surface area (Å²) in [4.78, 5) is 0. The summed E-state index contributed by atoms with van der Waals surface area (Å²) in [5.41, 5.74) is 2.91. The van der Waals surface area contributed by atoms with E-state index in [1.807, 2.05) is 12.1 Å². The molecule has 1 unspecified atom stereocenters. The molecule has 0 spiro atoms. The number of hydrogen-bond acceptors (Lipinski definition) is 1. The first-order valence-corrected chi connectivity index (χ1v) is 7.34. The topological polar surface area (TPSA) is 12.0 Å². The van der Waals surface area contributed by atoms with Crippen LogP contribution in [0.25, 0.3) is 0 Å². The maximum atomic E-state index is 6.09. The molecule has 0 bridgehead atoms. The fourth-order valence-corrected chi connectivity index (χ4v) is 2.83. The summed E-state index contributed by atoms with van der Waals surface area (Å²) in [6, 6.07) is 8.63. The van der Waals surface area contributed by atoms with Gasteiger partial charge in [0.05, 0.1) is 0 Å².